The Hall–Kier alpha value is 1.06. The van der Waals surface area contributed by atoms with Gasteiger partial charge in [-0.15, -0.1) is 0 Å². The molecule has 0 saturated heterocycles. The number of carboxylic acids is 2. The minimum atomic E-state index is -1.82. The van der Waals surface area contributed by atoms with E-state index >= 15 is 0 Å². The number of hydrogen-bond acceptors (Lipinski definition) is 3. The Balaban J connectivity index is -0.0000000417. The van der Waals surface area contributed by atoms with Crippen LogP contribution in [-0.2, 0) is 26.7 Å². The van der Waals surface area contributed by atoms with E-state index in [2.05, 4.69) is 0 Å². The second kappa shape index (κ2) is 11.8. The zero-order chi connectivity index (χ0) is 5.15. The number of hydrogen-bond donors (Lipinski definition) is 3. The van der Waals surface area contributed by atoms with E-state index in [0.29, 0.717) is 0 Å². The van der Waals surface area contributed by atoms with Crippen molar-refractivity contribution in [3.8, 4) is 0 Å². The van der Waals surface area contributed by atoms with Gasteiger partial charge in [-0.3, -0.25) is 0 Å². The molecule has 0 aliphatic rings. The van der Waals surface area contributed by atoms with Crippen LogP contribution in [0.15, 0.2) is 0 Å². The Morgan fingerprint density at radius 3 is 1.11 bits per heavy atom. The van der Waals surface area contributed by atoms with E-state index in [-0.39, 0.29) is 74.6 Å². The van der Waals surface area contributed by atoms with Crippen LogP contribution in [-0.4, -0.2) is 73.5 Å². The third kappa shape index (κ3) is 17.6. The van der Waals surface area contributed by atoms with Gasteiger partial charge in [-0.1, -0.05) is 0 Å². The van der Waals surface area contributed by atoms with Gasteiger partial charge in [0.15, 0.2) is 0 Å². The summed E-state index contributed by atoms with van der Waals surface area (Å²) in [7, 11) is 0. The topological polar surface area (TPSA) is 110 Å². The Bertz CT molecular complexity index is 84.6. The molecule has 0 fully saturated rings. The molecule has 5 N–H and O–H groups in total. The summed E-state index contributed by atoms with van der Waals surface area (Å²) in [6.45, 7) is 0. The van der Waals surface area contributed by atoms with Crippen LogP contribution in [0.25, 0.3) is 0 Å². The van der Waals surface area contributed by atoms with Gasteiger partial charge in [0, 0.05) is 17.1 Å². The first-order valence-electron chi connectivity index (χ1n) is 1.11. The van der Waals surface area contributed by atoms with E-state index in [4.69, 9.17) is 19.8 Å². The number of carboxylic acid groups (broad SMARTS) is 2. The fourth-order valence-electron chi connectivity index (χ4n) is 0. The molecule has 0 heterocycles. The Morgan fingerprint density at radius 1 is 1.00 bits per heavy atom. The molecular weight excluding hydrogens is 197 g/mol. The van der Waals surface area contributed by atoms with E-state index in [1.807, 2.05) is 0 Å². The molecule has 7 heteroatoms. The van der Waals surface area contributed by atoms with Crippen molar-refractivity contribution in [3.05, 3.63) is 0 Å². The molecule has 0 rings (SSSR count). The predicted molar refractivity (Wildman–Crippen MR) is 27.4 cm³/mol. The van der Waals surface area contributed by atoms with Gasteiger partial charge in [0.05, 0.1) is 0 Å². The van der Waals surface area contributed by atoms with Crippen LogP contribution in [0.1, 0.15) is 0 Å². The van der Waals surface area contributed by atoms with Crippen molar-refractivity contribution in [2.24, 2.45) is 0 Å². The van der Waals surface area contributed by atoms with E-state index in [1.54, 1.807) is 0 Å². The monoisotopic (exact) mass is 203 g/mol. The molecule has 0 bridgehead atoms. The molecule has 0 aliphatic heterocycles. The van der Waals surface area contributed by atoms with Gasteiger partial charge in [0.1, 0.15) is 0 Å². The SMILES string of the molecule is N.O=C(O)C(=O)O.[Fe].[KH]. The summed E-state index contributed by atoms with van der Waals surface area (Å²) in [4.78, 5) is 18.2. The first-order chi connectivity index (χ1) is 2.64. The second-order valence-corrected chi connectivity index (χ2v) is 0.610. The molecule has 0 aromatic rings. The molecule has 0 aromatic carbocycles. The van der Waals surface area contributed by atoms with E-state index in [9.17, 15) is 0 Å². The van der Waals surface area contributed by atoms with Crippen molar-refractivity contribution in [1.82, 2.24) is 6.15 Å². The summed E-state index contributed by atoms with van der Waals surface area (Å²) in [5, 5.41) is 14.8. The minimum absolute atomic E-state index is 0. The molecule has 0 aliphatic carbocycles. The van der Waals surface area contributed by atoms with Crippen molar-refractivity contribution >= 4 is 63.3 Å². The Labute approximate surface area is 105 Å². The summed E-state index contributed by atoms with van der Waals surface area (Å²) >= 11 is 0. The maximum absolute atomic E-state index is 9.10. The molecule has 52 valence electrons. The van der Waals surface area contributed by atoms with Crippen LogP contribution in [0, 0.1) is 0 Å². The van der Waals surface area contributed by atoms with Crippen molar-refractivity contribution in [3.63, 3.8) is 0 Å². The third-order valence-corrected chi connectivity index (χ3v) is 0.183. The third-order valence-electron chi connectivity index (χ3n) is 0.183. The standard InChI is InChI=1S/C2H2O4.Fe.K.H3N.H/c3-1(4)2(5)6;;;;/h(H,3,4)(H,5,6);;;1H3;. The van der Waals surface area contributed by atoms with Gasteiger partial charge >= 0.3 is 63.3 Å². The van der Waals surface area contributed by atoms with E-state index in [0.717, 1.165) is 0 Å². The first kappa shape index (κ1) is 22.5. The number of carbonyl (C=O) groups is 2. The fourth-order valence-corrected chi connectivity index (χ4v) is 0. The number of rotatable bonds is 0. The van der Waals surface area contributed by atoms with Crippen LogP contribution in [0.5, 0.6) is 0 Å². The van der Waals surface area contributed by atoms with Crippen LogP contribution < -0.4 is 6.15 Å². The molecule has 5 nitrogen and oxygen atoms in total. The molecule has 0 aromatic heterocycles. The maximum atomic E-state index is 9.10. The van der Waals surface area contributed by atoms with Crippen LogP contribution in [0.4, 0.5) is 0 Å². The zero-order valence-electron chi connectivity index (χ0n) is 3.77. The molecule has 0 saturated carbocycles. The predicted octanol–water partition coefficient (Wildman–Crippen LogP) is -1.33. The molecule has 0 radical (unpaired) electrons. The average Bonchev–Trinajstić information content (AvgIpc) is 1.36. The summed E-state index contributed by atoms with van der Waals surface area (Å²) in [6, 6.07) is 0. The van der Waals surface area contributed by atoms with Gasteiger partial charge in [-0.25, -0.2) is 9.59 Å². The van der Waals surface area contributed by atoms with Gasteiger partial charge < -0.3 is 16.4 Å². The summed E-state index contributed by atoms with van der Waals surface area (Å²) in [5.41, 5.74) is 0. The van der Waals surface area contributed by atoms with Crippen molar-refractivity contribution in [1.29, 1.82) is 0 Å². The molecular formula is C2H6FeKNO4. The van der Waals surface area contributed by atoms with Crippen LogP contribution >= 0.6 is 0 Å². The summed E-state index contributed by atoms with van der Waals surface area (Å²) in [5.74, 6) is -3.65. The average molecular weight is 203 g/mol. The molecule has 0 unspecified atom stereocenters. The van der Waals surface area contributed by atoms with E-state index in [1.165, 1.54) is 0 Å². The Kier molecular flexibility index (Phi) is 29.5. The normalized spacial score (nSPS) is 4.89. The Morgan fingerprint density at radius 2 is 1.11 bits per heavy atom. The molecule has 0 atom stereocenters. The molecule has 0 amide bonds. The summed E-state index contributed by atoms with van der Waals surface area (Å²) in [6.07, 6.45) is 0. The summed E-state index contributed by atoms with van der Waals surface area (Å²) < 4.78 is 0. The van der Waals surface area contributed by atoms with Gasteiger partial charge in [0.2, 0.25) is 0 Å². The van der Waals surface area contributed by atoms with Gasteiger partial charge in [0.25, 0.3) is 0 Å². The van der Waals surface area contributed by atoms with Gasteiger partial charge in [-0.05, 0) is 0 Å². The van der Waals surface area contributed by atoms with Crippen molar-refractivity contribution in [2.45, 2.75) is 0 Å². The fraction of sp³-hybridized carbons (Fsp3) is 0. The number of aliphatic carboxylic acids is 2. The second-order valence-electron chi connectivity index (χ2n) is 0.610. The van der Waals surface area contributed by atoms with Gasteiger partial charge in [-0.2, -0.15) is 0 Å². The van der Waals surface area contributed by atoms with Crippen molar-refractivity contribution in [2.75, 3.05) is 0 Å². The molecule has 0 spiro atoms. The van der Waals surface area contributed by atoms with Crippen LogP contribution in [0.3, 0.4) is 0 Å². The quantitative estimate of drug-likeness (QED) is 0.333. The first-order valence-corrected chi connectivity index (χ1v) is 1.11. The van der Waals surface area contributed by atoms with Crippen LogP contribution in [0.2, 0.25) is 0 Å². The molecule has 9 heavy (non-hydrogen) atoms. The van der Waals surface area contributed by atoms with Crippen molar-refractivity contribution < 1.29 is 36.9 Å². The van der Waals surface area contributed by atoms with E-state index < -0.39 is 11.9 Å². The zero-order valence-corrected chi connectivity index (χ0v) is 4.88.